The van der Waals surface area contributed by atoms with Crippen LogP contribution < -0.4 is 5.73 Å². The highest BCUT2D eigenvalue weighted by Crippen LogP contribution is 2.35. The van der Waals surface area contributed by atoms with Gasteiger partial charge in [0.05, 0.1) is 39.5 Å². The van der Waals surface area contributed by atoms with Crippen LogP contribution in [0.15, 0.2) is 157 Å². The summed E-state index contributed by atoms with van der Waals surface area (Å²) in [6.07, 6.45) is 0. The third-order valence-corrected chi connectivity index (χ3v) is 7.95. The number of benzene rings is 6. The van der Waals surface area contributed by atoms with Gasteiger partial charge in [-0.25, -0.2) is 23.7 Å². The minimum atomic E-state index is -0.330. The molecule has 226 valence electrons. The molecule has 0 bridgehead atoms. The minimum Gasteiger partial charge on any atom is -0.397 e. The van der Waals surface area contributed by atoms with Gasteiger partial charge in [-0.15, -0.1) is 0 Å². The molecular formula is C41H28F2N4. The van der Waals surface area contributed by atoms with Crippen molar-refractivity contribution < 1.29 is 8.78 Å². The molecule has 7 aromatic rings. The average Bonchev–Trinajstić information content (AvgIpc) is 3.11. The first-order valence-corrected chi connectivity index (χ1v) is 15.1. The molecule has 7 rings (SSSR count). The van der Waals surface area contributed by atoms with E-state index in [-0.39, 0.29) is 11.6 Å². The molecule has 1 heterocycles. The van der Waals surface area contributed by atoms with Crippen LogP contribution in [0.1, 0.15) is 11.1 Å². The van der Waals surface area contributed by atoms with E-state index >= 15 is 0 Å². The number of nitrogen functional groups attached to an aromatic ring is 1. The Bertz CT molecular complexity index is 2260. The number of nitrogens with two attached hydrogens (primary N) is 1. The second-order valence-corrected chi connectivity index (χ2v) is 11.1. The van der Waals surface area contributed by atoms with Gasteiger partial charge in [0.15, 0.2) is 0 Å². The number of rotatable bonds is 7. The Morgan fingerprint density at radius 2 is 1.06 bits per heavy atom. The monoisotopic (exact) mass is 614 g/mol. The van der Waals surface area contributed by atoms with Gasteiger partial charge in [-0.05, 0) is 89.5 Å². The summed E-state index contributed by atoms with van der Waals surface area (Å²) >= 11 is 0. The molecule has 0 aliphatic rings. The van der Waals surface area contributed by atoms with E-state index < -0.39 is 0 Å². The molecule has 4 nitrogen and oxygen atoms in total. The molecule has 0 aliphatic carbocycles. The second-order valence-electron chi connectivity index (χ2n) is 11.1. The zero-order chi connectivity index (χ0) is 32.3. The molecule has 47 heavy (non-hydrogen) atoms. The highest BCUT2D eigenvalue weighted by atomic mass is 19.1. The Morgan fingerprint density at radius 1 is 0.532 bits per heavy atom. The van der Waals surface area contributed by atoms with Gasteiger partial charge in [0.2, 0.25) is 0 Å². The fraction of sp³-hybridized carbons (Fsp3) is 0. The van der Waals surface area contributed by atoms with E-state index in [4.69, 9.17) is 20.7 Å². The number of hydrogen-bond donors (Lipinski definition) is 1. The van der Waals surface area contributed by atoms with Crippen molar-refractivity contribution in [1.82, 2.24) is 9.97 Å². The van der Waals surface area contributed by atoms with Crippen LogP contribution in [-0.2, 0) is 0 Å². The lowest BCUT2D eigenvalue weighted by molar-refractivity contribution is 0.627. The number of aromatic nitrogens is 2. The maximum atomic E-state index is 13.8. The van der Waals surface area contributed by atoms with Crippen LogP contribution in [0, 0.1) is 11.6 Å². The maximum Gasteiger partial charge on any atom is 0.123 e. The van der Waals surface area contributed by atoms with E-state index in [1.54, 1.807) is 24.3 Å². The highest BCUT2D eigenvalue weighted by molar-refractivity contribution is 6.32. The molecule has 0 unspecified atom stereocenters. The second kappa shape index (κ2) is 12.6. The molecule has 6 aromatic carbocycles. The van der Waals surface area contributed by atoms with Crippen LogP contribution in [-0.4, -0.2) is 15.7 Å². The lowest BCUT2D eigenvalue weighted by Crippen LogP contribution is -2.04. The molecule has 0 saturated heterocycles. The predicted octanol–water partition coefficient (Wildman–Crippen LogP) is 10.3. The van der Waals surface area contributed by atoms with Gasteiger partial charge in [0.25, 0.3) is 0 Å². The zero-order valence-corrected chi connectivity index (χ0v) is 25.2. The van der Waals surface area contributed by atoms with Crippen LogP contribution in [0.25, 0.3) is 50.2 Å². The Labute approximate surface area is 271 Å². The maximum absolute atomic E-state index is 13.8. The van der Waals surface area contributed by atoms with Gasteiger partial charge >= 0.3 is 0 Å². The quantitative estimate of drug-likeness (QED) is 0.144. The van der Waals surface area contributed by atoms with Crippen molar-refractivity contribution in [2.24, 2.45) is 4.99 Å². The number of anilines is 1. The third kappa shape index (κ3) is 6.17. The van der Waals surface area contributed by atoms with Gasteiger partial charge in [0.1, 0.15) is 11.6 Å². The van der Waals surface area contributed by atoms with E-state index in [1.165, 1.54) is 24.3 Å². The van der Waals surface area contributed by atoms with Crippen molar-refractivity contribution in [3.05, 3.63) is 175 Å². The summed E-state index contributed by atoms with van der Waals surface area (Å²) in [5.41, 5.74) is 16.8. The summed E-state index contributed by atoms with van der Waals surface area (Å²) in [6.45, 7) is 4.31. The molecular weight excluding hydrogens is 586 g/mol. The van der Waals surface area contributed by atoms with E-state index in [2.05, 4.69) is 6.58 Å². The van der Waals surface area contributed by atoms with Gasteiger partial charge in [-0.3, -0.25) is 0 Å². The summed E-state index contributed by atoms with van der Waals surface area (Å²) in [5.74, 6) is -0.644. The first-order valence-electron chi connectivity index (χ1n) is 15.1. The van der Waals surface area contributed by atoms with Gasteiger partial charge in [-0.1, -0.05) is 79.4 Å². The molecule has 0 fully saturated rings. The fourth-order valence-corrected chi connectivity index (χ4v) is 5.49. The fourth-order valence-electron chi connectivity index (χ4n) is 5.49. The largest absolute Gasteiger partial charge is 0.397 e. The number of nitrogens with zero attached hydrogens (tertiary/aromatic N) is 3. The van der Waals surface area contributed by atoms with E-state index in [9.17, 15) is 8.78 Å². The van der Waals surface area contributed by atoms with Crippen LogP contribution in [0.2, 0.25) is 0 Å². The Hall–Kier alpha value is -6.27. The molecule has 0 spiro atoms. The van der Waals surface area contributed by atoms with Crippen molar-refractivity contribution in [2.45, 2.75) is 0 Å². The van der Waals surface area contributed by atoms with Gasteiger partial charge in [-0.2, -0.15) is 0 Å². The lowest BCUT2D eigenvalue weighted by atomic mass is 9.97. The van der Waals surface area contributed by atoms with Crippen molar-refractivity contribution in [2.75, 3.05) is 5.73 Å². The zero-order valence-electron chi connectivity index (χ0n) is 25.2. The molecule has 0 aliphatic heterocycles. The van der Waals surface area contributed by atoms with Gasteiger partial charge in [0, 0.05) is 22.3 Å². The van der Waals surface area contributed by atoms with E-state index in [0.717, 1.165) is 44.6 Å². The van der Waals surface area contributed by atoms with Crippen molar-refractivity contribution in [3.63, 3.8) is 0 Å². The molecule has 2 N–H and O–H groups in total. The number of fused-ring (bicyclic) bond motifs is 1. The summed E-state index contributed by atoms with van der Waals surface area (Å²) in [6, 6.07) is 43.6. The summed E-state index contributed by atoms with van der Waals surface area (Å²) in [4.78, 5) is 14.9. The standard InChI is InChI=1S/C41H28F2N4/c1-26(27-8-4-2-5-9-27)39(29-12-18-33(42)19-13-29)45-36-22-16-31(24-35(36)44)32-17-23-37-38(25-32)47-41(30-14-20-34(43)21-15-30)40(46-37)28-10-6-3-7-11-28/h2-25H,1,44H2. The van der Waals surface area contributed by atoms with Crippen LogP contribution >= 0.6 is 0 Å². The lowest BCUT2D eigenvalue weighted by Gasteiger charge is -2.13. The molecule has 0 atom stereocenters. The SMILES string of the molecule is C=C(C(=Nc1ccc(-c2ccc3nc(-c4ccccc4)c(-c4ccc(F)cc4)nc3c2)cc1N)c1ccc(F)cc1)c1ccccc1. The van der Waals surface area contributed by atoms with Crippen molar-refractivity contribution in [3.8, 4) is 33.6 Å². The van der Waals surface area contributed by atoms with Gasteiger partial charge < -0.3 is 5.73 Å². The normalized spacial score (nSPS) is 11.5. The third-order valence-electron chi connectivity index (χ3n) is 7.95. The summed E-state index contributed by atoms with van der Waals surface area (Å²) < 4.78 is 27.6. The van der Waals surface area contributed by atoms with E-state index in [1.807, 2.05) is 97.1 Å². The highest BCUT2D eigenvalue weighted by Gasteiger charge is 2.16. The number of aliphatic imine (C=N–C) groups is 1. The van der Waals surface area contributed by atoms with Crippen molar-refractivity contribution >= 4 is 33.7 Å². The Balaban J connectivity index is 1.29. The molecule has 6 heteroatoms. The number of hydrogen-bond acceptors (Lipinski definition) is 4. The van der Waals surface area contributed by atoms with Crippen LogP contribution in [0.5, 0.6) is 0 Å². The predicted molar refractivity (Wildman–Crippen MR) is 188 cm³/mol. The molecule has 0 radical (unpaired) electrons. The Morgan fingerprint density at radius 3 is 1.72 bits per heavy atom. The average molecular weight is 615 g/mol. The molecule has 0 amide bonds. The topological polar surface area (TPSA) is 64.2 Å². The first kappa shape index (κ1) is 29.4. The Kier molecular flexibility index (Phi) is 7.90. The summed E-state index contributed by atoms with van der Waals surface area (Å²) in [7, 11) is 0. The summed E-state index contributed by atoms with van der Waals surface area (Å²) in [5, 5.41) is 0. The minimum absolute atomic E-state index is 0.314. The molecule has 1 aromatic heterocycles. The van der Waals surface area contributed by atoms with Crippen LogP contribution in [0.4, 0.5) is 20.2 Å². The van der Waals surface area contributed by atoms with Crippen molar-refractivity contribution in [1.29, 1.82) is 0 Å². The molecule has 0 saturated carbocycles. The number of allylic oxidation sites excluding steroid dienone is 1. The smallest absolute Gasteiger partial charge is 0.123 e. The van der Waals surface area contributed by atoms with E-state index in [0.29, 0.717) is 33.9 Å². The first-order chi connectivity index (χ1) is 22.9. The van der Waals surface area contributed by atoms with Crippen LogP contribution in [0.3, 0.4) is 0 Å². The number of halogens is 2.